The smallest absolute Gasteiger partial charge is 0.217 e. The number of aliphatic hydroxyl groups is 7. The van der Waals surface area contributed by atoms with Gasteiger partial charge in [-0.15, -0.1) is 0 Å². The Morgan fingerprint density at radius 3 is 2.08 bits per heavy atom. The van der Waals surface area contributed by atoms with Crippen molar-refractivity contribution in [1.29, 1.82) is 0 Å². The largest absolute Gasteiger partial charge is 0.394 e. The molecule has 0 saturated carbocycles. The van der Waals surface area contributed by atoms with Crippen LogP contribution in [-0.4, -0.2) is 116 Å². The van der Waals surface area contributed by atoms with Gasteiger partial charge in [0, 0.05) is 6.92 Å². The lowest BCUT2D eigenvalue weighted by atomic mass is 9.95. The average molecular weight is 383 g/mol. The Kier molecular flexibility index (Phi) is 7.27. The van der Waals surface area contributed by atoms with Crippen LogP contribution in [0.3, 0.4) is 0 Å². The number of ether oxygens (including phenoxy) is 3. The molecule has 1 unspecified atom stereocenters. The lowest BCUT2D eigenvalue weighted by molar-refractivity contribution is -0.341. The number of amides is 1. The molecule has 12 nitrogen and oxygen atoms in total. The Morgan fingerprint density at radius 2 is 1.54 bits per heavy atom. The molecule has 2 aliphatic rings. The number of rotatable bonds is 5. The summed E-state index contributed by atoms with van der Waals surface area (Å²) in [6, 6.07) is -1.28. The van der Waals surface area contributed by atoms with Crippen molar-refractivity contribution < 1.29 is 54.8 Å². The van der Waals surface area contributed by atoms with E-state index in [0.717, 1.165) is 6.92 Å². The number of aliphatic hydroxyl groups excluding tert-OH is 7. The molecule has 0 radical (unpaired) electrons. The van der Waals surface area contributed by atoms with Crippen molar-refractivity contribution >= 4 is 5.91 Å². The quantitative estimate of drug-likeness (QED) is 0.226. The summed E-state index contributed by atoms with van der Waals surface area (Å²) in [7, 11) is 0. The number of hydrogen-bond donors (Lipinski definition) is 8. The third-order valence-electron chi connectivity index (χ3n) is 4.38. The van der Waals surface area contributed by atoms with Gasteiger partial charge in [-0.3, -0.25) is 4.79 Å². The van der Waals surface area contributed by atoms with E-state index in [1.165, 1.54) is 0 Å². The summed E-state index contributed by atoms with van der Waals surface area (Å²) in [6.45, 7) is -0.194. The van der Waals surface area contributed by atoms with Crippen LogP contribution in [0, 0.1) is 0 Å². The normalized spacial score (nSPS) is 46.8. The molecule has 2 aliphatic heterocycles. The minimum absolute atomic E-state index is 0.574. The first-order chi connectivity index (χ1) is 12.2. The first kappa shape index (κ1) is 21.4. The first-order valence-electron chi connectivity index (χ1n) is 8.06. The van der Waals surface area contributed by atoms with Gasteiger partial charge in [-0.05, 0) is 0 Å². The fraction of sp³-hybridized carbons (Fsp3) is 0.929. The van der Waals surface area contributed by atoms with E-state index in [4.69, 9.17) is 14.2 Å². The lowest BCUT2D eigenvalue weighted by Gasteiger charge is -2.46. The van der Waals surface area contributed by atoms with E-state index in [-0.39, 0.29) is 0 Å². The predicted molar refractivity (Wildman–Crippen MR) is 80.2 cm³/mol. The van der Waals surface area contributed by atoms with E-state index < -0.39 is 80.5 Å². The van der Waals surface area contributed by atoms with Crippen molar-refractivity contribution in [2.75, 3.05) is 13.2 Å². The van der Waals surface area contributed by atoms with Crippen molar-refractivity contribution in [2.24, 2.45) is 0 Å². The summed E-state index contributed by atoms with van der Waals surface area (Å²) in [5, 5.41) is 70.5. The van der Waals surface area contributed by atoms with Crippen molar-refractivity contribution in [2.45, 2.75) is 68.3 Å². The molecular weight excluding hydrogens is 358 g/mol. The molecule has 0 aromatic carbocycles. The van der Waals surface area contributed by atoms with Crippen LogP contribution in [0.15, 0.2) is 0 Å². The monoisotopic (exact) mass is 383 g/mol. The molecule has 152 valence electrons. The maximum Gasteiger partial charge on any atom is 0.217 e. The Hall–Kier alpha value is -0.930. The molecule has 8 N–H and O–H groups in total. The SMILES string of the molecule is CC(=O)N[C@H]1[C@H](O[C@@H]2[C@H](O)[C@@H](O)C(O)O[C@@H]2CO)O[C@H](CO)[C@H](O)[C@@H]1O. The van der Waals surface area contributed by atoms with E-state index in [9.17, 15) is 40.5 Å². The van der Waals surface area contributed by atoms with Crippen molar-refractivity contribution in [1.82, 2.24) is 5.32 Å². The summed E-state index contributed by atoms with van der Waals surface area (Å²) >= 11 is 0. The van der Waals surface area contributed by atoms with Gasteiger partial charge in [-0.1, -0.05) is 0 Å². The van der Waals surface area contributed by atoms with Gasteiger partial charge in [0.1, 0.15) is 48.8 Å². The van der Waals surface area contributed by atoms with Crippen LogP contribution in [0.25, 0.3) is 0 Å². The van der Waals surface area contributed by atoms with E-state index in [2.05, 4.69) is 5.32 Å². The highest BCUT2D eigenvalue weighted by Gasteiger charge is 2.50. The van der Waals surface area contributed by atoms with Gasteiger partial charge >= 0.3 is 0 Å². The van der Waals surface area contributed by atoms with E-state index in [0.29, 0.717) is 0 Å². The Balaban J connectivity index is 2.22. The second-order valence-electron chi connectivity index (χ2n) is 6.26. The summed E-state index contributed by atoms with van der Waals surface area (Å²) in [4.78, 5) is 11.4. The Morgan fingerprint density at radius 1 is 0.923 bits per heavy atom. The predicted octanol–water partition coefficient (Wildman–Crippen LogP) is -5.25. The lowest BCUT2D eigenvalue weighted by Crippen LogP contribution is -2.67. The number of carbonyl (C=O) groups excluding carboxylic acids is 1. The zero-order valence-corrected chi connectivity index (χ0v) is 14.0. The zero-order valence-electron chi connectivity index (χ0n) is 14.0. The summed E-state index contributed by atoms with van der Waals surface area (Å²) in [5.74, 6) is -0.574. The van der Waals surface area contributed by atoms with Crippen LogP contribution in [-0.2, 0) is 19.0 Å². The van der Waals surface area contributed by atoms with Crippen LogP contribution >= 0.6 is 0 Å². The summed E-state index contributed by atoms with van der Waals surface area (Å²) < 4.78 is 15.8. The van der Waals surface area contributed by atoms with Gasteiger partial charge < -0.3 is 55.3 Å². The highest BCUT2D eigenvalue weighted by molar-refractivity contribution is 5.73. The molecule has 0 spiro atoms. The van der Waals surface area contributed by atoms with E-state index in [1.807, 2.05) is 0 Å². The number of carbonyl (C=O) groups is 1. The standard InChI is InChI=1S/C14H25NO11/c1-4(18)15-7-9(20)8(19)5(2-16)25-14(7)26-12-6(3-17)24-13(23)11(22)10(12)21/h5-14,16-17,19-23H,2-3H2,1H3,(H,15,18)/t5-,6-,7-,8+,9-,10-,11-,12+,13?,14+/m1/s1. The molecule has 12 heteroatoms. The van der Waals surface area contributed by atoms with Crippen LogP contribution in [0.1, 0.15) is 6.92 Å². The van der Waals surface area contributed by atoms with Gasteiger partial charge in [0.05, 0.1) is 13.2 Å². The Bertz CT molecular complexity index is 478. The van der Waals surface area contributed by atoms with Gasteiger partial charge in [-0.25, -0.2) is 0 Å². The highest BCUT2D eigenvalue weighted by Crippen LogP contribution is 2.28. The van der Waals surface area contributed by atoms with Crippen molar-refractivity contribution in [3.63, 3.8) is 0 Å². The molecule has 1 amide bonds. The second kappa shape index (κ2) is 8.84. The highest BCUT2D eigenvalue weighted by atomic mass is 16.7. The first-order valence-corrected chi connectivity index (χ1v) is 8.06. The van der Waals surface area contributed by atoms with Gasteiger partial charge in [0.15, 0.2) is 12.6 Å². The fourth-order valence-corrected chi connectivity index (χ4v) is 2.98. The maximum absolute atomic E-state index is 11.4. The molecule has 0 aliphatic carbocycles. The number of hydrogen-bond acceptors (Lipinski definition) is 11. The minimum atomic E-state index is -1.75. The molecule has 2 rings (SSSR count). The molecule has 0 aromatic rings. The van der Waals surface area contributed by atoms with Crippen LogP contribution < -0.4 is 5.32 Å². The maximum atomic E-state index is 11.4. The topological polar surface area (TPSA) is 198 Å². The third kappa shape index (κ3) is 4.31. The summed E-state index contributed by atoms with van der Waals surface area (Å²) in [5.41, 5.74) is 0. The van der Waals surface area contributed by atoms with Gasteiger partial charge in [0.2, 0.25) is 5.91 Å². The third-order valence-corrected chi connectivity index (χ3v) is 4.38. The van der Waals surface area contributed by atoms with Crippen molar-refractivity contribution in [3.05, 3.63) is 0 Å². The second-order valence-corrected chi connectivity index (χ2v) is 6.26. The molecular formula is C14H25NO11. The average Bonchev–Trinajstić information content (AvgIpc) is 2.60. The molecule has 2 saturated heterocycles. The van der Waals surface area contributed by atoms with Crippen molar-refractivity contribution in [3.8, 4) is 0 Å². The Labute approximate surface area is 148 Å². The summed E-state index contributed by atoms with van der Waals surface area (Å²) in [6.07, 6.45) is -13.6. The molecule has 0 bridgehead atoms. The molecule has 10 atom stereocenters. The zero-order chi connectivity index (χ0) is 19.6. The van der Waals surface area contributed by atoms with E-state index in [1.54, 1.807) is 0 Å². The fourth-order valence-electron chi connectivity index (χ4n) is 2.98. The number of nitrogens with one attached hydrogen (secondary N) is 1. The molecule has 26 heavy (non-hydrogen) atoms. The van der Waals surface area contributed by atoms with Gasteiger partial charge in [0.25, 0.3) is 0 Å². The van der Waals surface area contributed by atoms with Crippen LogP contribution in [0.2, 0.25) is 0 Å². The van der Waals surface area contributed by atoms with Crippen LogP contribution in [0.5, 0.6) is 0 Å². The minimum Gasteiger partial charge on any atom is -0.394 e. The molecule has 2 heterocycles. The van der Waals surface area contributed by atoms with Crippen LogP contribution in [0.4, 0.5) is 0 Å². The van der Waals surface area contributed by atoms with E-state index >= 15 is 0 Å². The molecule has 0 aromatic heterocycles. The molecule has 2 fully saturated rings. The van der Waals surface area contributed by atoms with Gasteiger partial charge in [-0.2, -0.15) is 0 Å².